The third-order valence-electron chi connectivity index (χ3n) is 4.54. The van der Waals surface area contributed by atoms with E-state index in [9.17, 15) is 18.0 Å². The molecule has 1 atom stereocenters. The van der Waals surface area contributed by atoms with Crippen LogP contribution in [0.15, 0.2) is 54.6 Å². The van der Waals surface area contributed by atoms with Gasteiger partial charge in [0.2, 0.25) is 0 Å². The van der Waals surface area contributed by atoms with E-state index >= 15 is 0 Å². The molecule has 0 bridgehead atoms. The second-order valence-corrected chi connectivity index (χ2v) is 8.38. The maximum Gasteiger partial charge on any atom is 0.389 e. The van der Waals surface area contributed by atoms with Gasteiger partial charge < -0.3 is 0 Å². The Labute approximate surface area is 160 Å². The van der Waals surface area contributed by atoms with Gasteiger partial charge in [0.05, 0.1) is 21.6 Å². The fourth-order valence-electron chi connectivity index (χ4n) is 3.28. The van der Waals surface area contributed by atoms with Gasteiger partial charge in [-0.15, -0.1) is 11.3 Å². The van der Waals surface area contributed by atoms with Crippen molar-refractivity contribution in [3.05, 3.63) is 65.2 Å². The Bertz CT molecular complexity index is 898. The number of Topliss-reactive ketones (excluding diaryl/α,β-unsaturated/α-hetero) is 1. The summed E-state index contributed by atoms with van der Waals surface area (Å²) in [6.45, 7) is 3.41. The Balaban J connectivity index is 1.92. The van der Waals surface area contributed by atoms with E-state index in [1.165, 1.54) is 11.3 Å². The largest absolute Gasteiger partial charge is 0.389 e. The monoisotopic (exact) mass is 391 g/mol. The summed E-state index contributed by atoms with van der Waals surface area (Å²) in [5, 5.41) is 0.433. The number of hydrogen-bond donors (Lipinski definition) is 0. The predicted octanol–water partition coefficient (Wildman–Crippen LogP) is 6.63. The third kappa shape index (κ3) is 4.75. The number of nitrogens with zero attached hydrogens (tertiary/aromatic N) is 1. The topological polar surface area (TPSA) is 30.0 Å². The molecule has 2 aromatic carbocycles. The Morgan fingerprint density at radius 3 is 2.26 bits per heavy atom. The smallest absolute Gasteiger partial charge is 0.294 e. The van der Waals surface area contributed by atoms with Gasteiger partial charge in [-0.05, 0) is 18.6 Å². The number of carbonyl (C=O) groups is 1. The van der Waals surface area contributed by atoms with Crippen molar-refractivity contribution in [1.82, 2.24) is 4.98 Å². The average Bonchev–Trinajstić information content (AvgIpc) is 3.04. The summed E-state index contributed by atoms with van der Waals surface area (Å²) in [5.74, 6) is -1.01. The third-order valence-corrected chi connectivity index (χ3v) is 5.74. The first-order chi connectivity index (χ1) is 12.7. The summed E-state index contributed by atoms with van der Waals surface area (Å²) >= 11 is 1.27. The van der Waals surface area contributed by atoms with E-state index in [1.54, 1.807) is 50.2 Å². The lowest BCUT2D eigenvalue weighted by atomic mass is 9.76. The molecule has 2 nitrogen and oxygen atoms in total. The number of rotatable bonds is 6. The number of halogens is 3. The highest BCUT2D eigenvalue weighted by Crippen LogP contribution is 2.42. The van der Waals surface area contributed by atoms with Crippen LogP contribution in [0.2, 0.25) is 0 Å². The number of aromatic nitrogens is 1. The van der Waals surface area contributed by atoms with Crippen LogP contribution in [0.25, 0.3) is 10.2 Å². The molecule has 142 valence electrons. The maximum absolute atomic E-state index is 13.2. The number of benzene rings is 2. The second kappa shape index (κ2) is 7.43. The molecule has 0 aliphatic heterocycles. The minimum atomic E-state index is -4.33. The Hall–Kier alpha value is -2.21. The van der Waals surface area contributed by atoms with Gasteiger partial charge in [0.25, 0.3) is 0 Å². The highest BCUT2D eigenvalue weighted by Gasteiger charge is 2.39. The van der Waals surface area contributed by atoms with Crippen LogP contribution in [0.4, 0.5) is 13.2 Å². The molecule has 0 aliphatic carbocycles. The second-order valence-electron chi connectivity index (χ2n) is 7.32. The first-order valence-electron chi connectivity index (χ1n) is 8.68. The van der Waals surface area contributed by atoms with Gasteiger partial charge >= 0.3 is 6.18 Å². The van der Waals surface area contributed by atoms with Crippen LogP contribution in [0.5, 0.6) is 0 Å². The number of hydrogen-bond acceptors (Lipinski definition) is 3. The fourth-order valence-corrected chi connectivity index (χ4v) is 4.35. The van der Waals surface area contributed by atoms with Crippen molar-refractivity contribution < 1.29 is 18.0 Å². The van der Waals surface area contributed by atoms with Gasteiger partial charge in [-0.1, -0.05) is 56.3 Å². The number of para-hydroxylation sites is 1. The number of alkyl halides is 3. The highest BCUT2D eigenvalue weighted by atomic mass is 32.1. The minimum Gasteiger partial charge on any atom is -0.294 e. The normalized spacial score (nSPS) is 13.7. The zero-order valence-electron chi connectivity index (χ0n) is 15.1. The zero-order chi connectivity index (χ0) is 19.7. The number of thiazole rings is 1. The van der Waals surface area contributed by atoms with E-state index in [0.29, 0.717) is 16.1 Å². The van der Waals surface area contributed by atoms with E-state index in [0.717, 1.165) is 4.70 Å². The van der Waals surface area contributed by atoms with Crippen molar-refractivity contribution in [2.75, 3.05) is 0 Å². The van der Waals surface area contributed by atoms with E-state index in [1.807, 2.05) is 18.2 Å². The molecule has 0 spiro atoms. The number of carbonyl (C=O) groups excluding carboxylic acids is 1. The summed E-state index contributed by atoms with van der Waals surface area (Å²) in [6.07, 6.45) is -5.23. The van der Waals surface area contributed by atoms with Crippen molar-refractivity contribution in [3.63, 3.8) is 0 Å². The molecule has 0 amide bonds. The molecule has 3 rings (SSSR count). The van der Waals surface area contributed by atoms with Gasteiger partial charge in [0.1, 0.15) is 0 Å². The molecule has 27 heavy (non-hydrogen) atoms. The highest BCUT2D eigenvalue weighted by molar-refractivity contribution is 7.18. The van der Waals surface area contributed by atoms with Crippen LogP contribution in [0, 0.1) is 5.41 Å². The molecule has 3 aromatic rings. The Morgan fingerprint density at radius 2 is 1.63 bits per heavy atom. The van der Waals surface area contributed by atoms with Crippen LogP contribution in [0.3, 0.4) is 0 Å². The van der Waals surface area contributed by atoms with Crippen molar-refractivity contribution in [2.45, 2.75) is 38.8 Å². The molecule has 0 fully saturated rings. The average molecular weight is 391 g/mol. The Kier molecular flexibility index (Phi) is 5.38. The van der Waals surface area contributed by atoms with Crippen LogP contribution in [0.1, 0.15) is 48.0 Å². The van der Waals surface area contributed by atoms with Gasteiger partial charge in [-0.25, -0.2) is 4.98 Å². The van der Waals surface area contributed by atoms with E-state index in [2.05, 4.69) is 4.98 Å². The summed E-state index contributed by atoms with van der Waals surface area (Å²) in [4.78, 5) is 17.3. The quantitative estimate of drug-likeness (QED) is 0.441. The van der Waals surface area contributed by atoms with Gasteiger partial charge in [-0.3, -0.25) is 4.79 Å². The van der Waals surface area contributed by atoms with E-state index < -0.39 is 23.9 Å². The molecule has 0 aliphatic rings. The molecule has 1 aromatic heterocycles. The molecule has 1 heterocycles. The summed E-state index contributed by atoms with van der Waals surface area (Å²) in [5.41, 5.74) is 0.268. The molecule has 0 saturated carbocycles. The van der Waals surface area contributed by atoms with Crippen molar-refractivity contribution >= 4 is 27.3 Å². The van der Waals surface area contributed by atoms with Crippen molar-refractivity contribution in [3.8, 4) is 0 Å². The molecule has 0 unspecified atom stereocenters. The molecule has 0 saturated heterocycles. The molecule has 6 heteroatoms. The lowest BCUT2D eigenvalue weighted by molar-refractivity contribution is -0.140. The molecular weight excluding hydrogens is 371 g/mol. The lowest BCUT2D eigenvalue weighted by Gasteiger charge is -2.28. The Morgan fingerprint density at radius 1 is 1.00 bits per heavy atom. The maximum atomic E-state index is 13.2. The summed E-state index contributed by atoms with van der Waals surface area (Å²) < 4.78 is 40.6. The number of ketones is 1. The molecule has 0 N–H and O–H groups in total. The van der Waals surface area contributed by atoms with Crippen LogP contribution >= 0.6 is 11.3 Å². The summed E-state index contributed by atoms with van der Waals surface area (Å²) in [6, 6.07) is 16.0. The lowest BCUT2D eigenvalue weighted by Crippen LogP contribution is -2.28. The van der Waals surface area contributed by atoms with Crippen molar-refractivity contribution in [2.24, 2.45) is 5.41 Å². The molecule has 0 radical (unpaired) electrons. The SMILES string of the molecule is CC(C)(C[C@@H](CC(F)(F)F)c1nc2ccccc2s1)C(=O)c1ccccc1. The summed E-state index contributed by atoms with van der Waals surface area (Å²) in [7, 11) is 0. The van der Waals surface area contributed by atoms with Crippen LogP contribution in [-0.4, -0.2) is 16.9 Å². The van der Waals surface area contributed by atoms with Crippen molar-refractivity contribution in [1.29, 1.82) is 0 Å². The fraction of sp³-hybridized carbons (Fsp3) is 0.333. The molecular formula is C21H20F3NOS. The van der Waals surface area contributed by atoms with E-state index in [4.69, 9.17) is 0 Å². The van der Waals surface area contributed by atoms with Gasteiger partial charge in [0, 0.05) is 16.9 Å². The first kappa shape index (κ1) is 19.5. The van der Waals surface area contributed by atoms with Crippen LogP contribution < -0.4 is 0 Å². The van der Waals surface area contributed by atoms with Gasteiger partial charge in [-0.2, -0.15) is 13.2 Å². The number of fused-ring (bicyclic) bond motifs is 1. The van der Waals surface area contributed by atoms with Crippen LogP contribution in [-0.2, 0) is 0 Å². The first-order valence-corrected chi connectivity index (χ1v) is 9.49. The standard InChI is InChI=1S/C21H20F3NOS/c1-20(2,18(26)14-8-4-3-5-9-14)12-15(13-21(22,23)24)19-25-16-10-6-7-11-17(16)27-19/h3-11,15H,12-13H2,1-2H3/t15-/m0/s1. The minimum absolute atomic E-state index is 0.0834. The van der Waals surface area contributed by atoms with E-state index in [-0.39, 0.29) is 12.2 Å². The van der Waals surface area contributed by atoms with Gasteiger partial charge in [0.15, 0.2) is 5.78 Å². The predicted molar refractivity (Wildman–Crippen MR) is 102 cm³/mol. The zero-order valence-corrected chi connectivity index (χ0v) is 15.9.